The first-order chi connectivity index (χ1) is 12.6. The highest BCUT2D eigenvalue weighted by molar-refractivity contribution is 9.10. The number of rotatable bonds is 7. The van der Waals surface area contributed by atoms with E-state index < -0.39 is 0 Å². The van der Waals surface area contributed by atoms with Gasteiger partial charge in [-0.3, -0.25) is 19.4 Å². The fourth-order valence-electron chi connectivity index (χ4n) is 3.62. The Bertz CT molecular complexity index is 786. The third-order valence-electron chi connectivity index (χ3n) is 4.96. The molecule has 3 rings (SSSR count). The van der Waals surface area contributed by atoms with E-state index in [4.69, 9.17) is 0 Å². The van der Waals surface area contributed by atoms with Gasteiger partial charge in [0.05, 0.1) is 11.1 Å². The lowest BCUT2D eigenvalue weighted by atomic mass is 10.0. The molecule has 2 amide bonds. The van der Waals surface area contributed by atoms with Crippen LogP contribution in [-0.4, -0.2) is 41.2 Å². The number of imide groups is 1. The van der Waals surface area contributed by atoms with Crippen LogP contribution in [0.15, 0.2) is 53.0 Å². The molecule has 136 valence electrons. The van der Waals surface area contributed by atoms with E-state index in [1.54, 1.807) is 24.3 Å². The van der Waals surface area contributed by atoms with Gasteiger partial charge in [0, 0.05) is 23.6 Å². The van der Waals surface area contributed by atoms with E-state index in [0.717, 1.165) is 17.4 Å². The van der Waals surface area contributed by atoms with Crippen LogP contribution in [0.1, 0.15) is 52.6 Å². The van der Waals surface area contributed by atoms with Crippen molar-refractivity contribution in [3.8, 4) is 0 Å². The summed E-state index contributed by atoms with van der Waals surface area (Å²) in [5.41, 5.74) is 2.27. The van der Waals surface area contributed by atoms with Crippen LogP contribution in [0.5, 0.6) is 0 Å². The average molecular weight is 415 g/mol. The van der Waals surface area contributed by atoms with Crippen LogP contribution in [0.4, 0.5) is 0 Å². The molecule has 0 aliphatic carbocycles. The number of fused-ring (bicyclic) bond motifs is 1. The van der Waals surface area contributed by atoms with Gasteiger partial charge in [-0.05, 0) is 42.8 Å². The van der Waals surface area contributed by atoms with Crippen molar-refractivity contribution in [2.75, 3.05) is 19.6 Å². The molecule has 1 aliphatic heterocycles. The summed E-state index contributed by atoms with van der Waals surface area (Å²) in [5, 5.41) is 0. The molecule has 1 unspecified atom stereocenters. The first-order valence-corrected chi connectivity index (χ1v) is 9.80. The third-order valence-corrected chi connectivity index (χ3v) is 5.45. The van der Waals surface area contributed by atoms with Gasteiger partial charge < -0.3 is 0 Å². The summed E-state index contributed by atoms with van der Waals surface area (Å²) in [7, 11) is 0. The van der Waals surface area contributed by atoms with Gasteiger partial charge in [0.25, 0.3) is 11.8 Å². The van der Waals surface area contributed by atoms with Crippen molar-refractivity contribution in [2.24, 2.45) is 0 Å². The minimum atomic E-state index is -0.183. The molecule has 5 heteroatoms. The zero-order valence-electron chi connectivity index (χ0n) is 15.1. The number of nitrogens with zero attached hydrogens (tertiary/aromatic N) is 2. The first-order valence-electron chi connectivity index (χ1n) is 9.01. The van der Waals surface area contributed by atoms with Crippen molar-refractivity contribution in [1.29, 1.82) is 0 Å². The number of carbonyl (C=O) groups is 2. The number of carbonyl (C=O) groups excluding carboxylic acids is 2. The summed E-state index contributed by atoms with van der Waals surface area (Å²) < 4.78 is 1.06. The number of amides is 2. The highest BCUT2D eigenvalue weighted by Gasteiger charge is 2.35. The van der Waals surface area contributed by atoms with E-state index in [1.807, 2.05) is 12.1 Å². The Morgan fingerprint density at radius 2 is 1.65 bits per heavy atom. The molecule has 4 nitrogen and oxygen atoms in total. The van der Waals surface area contributed by atoms with Crippen LogP contribution < -0.4 is 0 Å². The van der Waals surface area contributed by atoms with E-state index in [1.165, 1.54) is 10.5 Å². The fourth-order valence-corrected chi connectivity index (χ4v) is 4.04. The van der Waals surface area contributed by atoms with Crippen molar-refractivity contribution >= 4 is 27.7 Å². The van der Waals surface area contributed by atoms with Crippen LogP contribution >= 0.6 is 15.9 Å². The second-order valence-electron chi connectivity index (χ2n) is 6.42. The highest BCUT2D eigenvalue weighted by atomic mass is 79.9. The van der Waals surface area contributed by atoms with E-state index in [2.05, 4.69) is 46.8 Å². The van der Waals surface area contributed by atoms with Crippen LogP contribution in [0, 0.1) is 0 Å². The summed E-state index contributed by atoms with van der Waals surface area (Å²) in [6.07, 6.45) is 0.965. The Hall–Kier alpha value is -1.98. The molecule has 0 spiro atoms. The fraction of sp³-hybridized carbons (Fsp3) is 0.333. The molecule has 0 aromatic heterocycles. The van der Waals surface area contributed by atoms with Gasteiger partial charge in [0.2, 0.25) is 0 Å². The Labute approximate surface area is 162 Å². The summed E-state index contributed by atoms with van der Waals surface area (Å²) in [5.74, 6) is -0.366. The standard InChI is InChI=1S/C21H23BrN2O2/c1-3-19(15-8-7-9-16(22)14-15)23(4-2)12-13-24-20(25)17-10-5-6-11-18(17)21(24)26/h5-11,14,19H,3-4,12-13H2,1-2H3. The van der Waals surface area contributed by atoms with Gasteiger partial charge in [0.1, 0.15) is 0 Å². The van der Waals surface area contributed by atoms with Gasteiger partial charge in [-0.1, -0.05) is 54.0 Å². The lowest BCUT2D eigenvalue weighted by Gasteiger charge is -2.31. The molecule has 2 aromatic carbocycles. The van der Waals surface area contributed by atoms with Crippen molar-refractivity contribution in [3.63, 3.8) is 0 Å². The van der Waals surface area contributed by atoms with Crippen LogP contribution in [0.25, 0.3) is 0 Å². The van der Waals surface area contributed by atoms with E-state index in [-0.39, 0.29) is 17.9 Å². The number of halogens is 1. The Morgan fingerprint density at radius 1 is 1.00 bits per heavy atom. The van der Waals surface area contributed by atoms with Crippen molar-refractivity contribution in [2.45, 2.75) is 26.3 Å². The number of benzene rings is 2. The second-order valence-corrected chi connectivity index (χ2v) is 7.33. The highest BCUT2D eigenvalue weighted by Crippen LogP contribution is 2.27. The molecule has 0 saturated carbocycles. The Kier molecular flexibility index (Phi) is 5.89. The van der Waals surface area contributed by atoms with E-state index >= 15 is 0 Å². The molecule has 1 aliphatic rings. The van der Waals surface area contributed by atoms with Gasteiger partial charge in [-0.25, -0.2) is 0 Å². The minimum absolute atomic E-state index is 0.183. The van der Waals surface area contributed by atoms with E-state index in [9.17, 15) is 9.59 Å². The molecule has 0 saturated heterocycles. The molecule has 0 fully saturated rings. The molecule has 0 radical (unpaired) electrons. The third kappa shape index (κ3) is 3.60. The summed E-state index contributed by atoms with van der Waals surface area (Å²) in [6.45, 7) is 6.20. The number of hydrogen-bond donors (Lipinski definition) is 0. The zero-order valence-corrected chi connectivity index (χ0v) is 16.7. The molecule has 1 atom stereocenters. The monoisotopic (exact) mass is 414 g/mol. The zero-order chi connectivity index (χ0) is 18.7. The lowest BCUT2D eigenvalue weighted by Crippen LogP contribution is -2.39. The normalized spacial score (nSPS) is 14.8. The minimum Gasteiger partial charge on any atom is -0.295 e. The Morgan fingerprint density at radius 3 is 2.19 bits per heavy atom. The summed E-state index contributed by atoms with van der Waals surface area (Å²) in [4.78, 5) is 28.8. The predicted octanol–water partition coefficient (Wildman–Crippen LogP) is 4.52. The predicted molar refractivity (Wildman–Crippen MR) is 106 cm³/mol. The van der Waals surface area contributed by atoms with Crippen LogP contribution in [-0.2, 0) is 0 Å². The van der Waals surface area contributed by atoms with Crippen LogP contribution in [0.3, 0.4) is 0 Å². The summed E-state index contributed by atoms with van der Waals surface area (Å²) >= 11 is 3.54. The topological polar surface area (TPSA) is 40.6 Å². The molecule has 2 aromatic rings. The SMILES string of the molecule is CCC(c1cccc(Br)c1)N(CC)CCN1C(=O)c2ccccc2C1=O. The van der Waals surface area contributed by atoms with Crippen molar-refractivity contribution in [1.82, 2.24) is 9.80 Å². The van der Waals surface area contributed by atoms with Crippen molar-refractivity contribution in [3.05, 3.63) is 69.7 Å². The molecule has 0 N–H and O–H groups in total. The molecular weight excluding hydrogens is 392 g/mol. The number of hydrogen-bond acceptors (Lipinski definition) is 3. The largest absolute Gasteiger partial charge is 0.295 e. The summed E-state index contributed by atoms with van der Waals surface area (Å²) in [6, 6.07) is 15.6. The molecule has 0 bridgehead atoms. The smallest absolute Gasteiger partial charge is 0.261 e. The lowest BCUT2D eigenvalue weighted by molar-refractivity contribution is 0.0624. The second kappa shape index (κ2) is 8.14. The van der Waals surface area contributed by atoms with Crippen LogP contribution in [0.2, 0.25) is 0 Å². The van der Waals surface area contributed by atoms with Crippen molar-refractivity contribution < 1.29 is 9.59 Å². The van der Waals surface area contributed by atoms with Gasteiger partial charge in [0.15, 0.2) is 0 Å². The maximum Gasteiger partial charge on any atom is 0.261 e. The maximum absolute atomic E-state index is 12.5. The molecule has 26 heavy (non-hydrogen) atoms. The van der Waals surface area contributed by atoms with Gasteiger partial charge in [-0.15, -0.1) is 0 Å². The van der Waals surface area contributed by atoms with E-state index in [0.29, 0.717) is 24.2 Å². The molecular formula is C21H23BrN2O2. The quantitative estimate of drug-likeness (QED) is 0.625. The maximum atomic E-state index is 12.5. The number of likely N-dealkylation sites (N-methyl/N-ethyl adjacent to an activating group) is 1. The average Bonchev–Trinajstić information content (AvgIpc) is 2.90. The van der Waals surface area contributed by atoms with Gasteiger partial charge in [-0.2, -0.15) is 0 Å². The molecule has 1 heterocycles. The Balaban J connectivity index is 1.73. The van der Waals surface area contributed by atoms with Gasteiger partial charge >= 0.3 is 0 Å². The first kappa shape index (κ1) is 18.8.